The van der Waals surface area contributed by atoms with Crippen molar-refractivity contribution in [2.75, 3.05) is 12.4 Å². The Labute approximate surface area is 194 Å². The topological polar surface area (TPSA) is 84.3 Å². The van der Waals surface area contributed by atoms with Crippen LogP contribution in [0.2, 0.25) is 0 Å². The number of aliphatic hydroxyl groups is 1. The molecule has 34 heavy (non-hydrogen) atoms. The number of ether oxygens (including phenoxy) is 1. The second-order valence-corrected chi connectivity index (χ2v) is 8.38. The number of carbonyl (C=O) groups is 1. The average Bonchev–Trinajstić information content (AvgIpc) is 3.57. The summed E-state index contributed by atoms with van der Waals surface area (Å²) in [5.41, 5.74) is 0.884. The molecule has 2 aliphatic rings. The summed E-state index contributed by atoms with van der Waals surface area (Å²) in [6.07, 6.45) is 7.35. The number of pyridine rings is 2. The molecule has 2 unspecified atom stereocenters. The zero-order valence-electron chi connectivity index (χ0n) is 18.5. The molecular formula is C25H24F3N3O3. The number of aromatic nitrogens is 2. The summed E-state index contributed by atoms with van der Waals surface area (Å²) in [4.78, 5) is 18.2. The largest absolute Gasteiger partial charge is 0.393 e. The number of aldehydes is 1. The Morgan fingerprint density at radius 3 is 2.50 bits per heavy atom. The maximum Gasteiger partial charge on any atom is 0.168 e. The zero-order chi connectivity index (χ0) is 24.3. The highest BCUT2D eigenvalue weighted by molar-refractivity contribution is 5.74. The van der Waals surface area contributed by atoms with Crippen molar-refractivity contribution in [3.63, 3.8) is 0 Å². The lowest BCUT2D eigenvalue weighted by Gasteiger charge is -2.34. The van der Waals surface area contributed by atoms with E-state index < -0.39 is 28.7 Å². The number of nitrogens with one attached hydrogen (secondary N) is 1. The molecule has 1 aliphatic carbocycles. The van der Waals surface area contributed by atoms with E-state index in [0.29, 0.717) is 12.7 Å². The van der Waals surface area contributed by atoms with Gasteiger partial charge in [-0.15, -0.1) is 0 Å². The lowest BCUT2D eigenvalue weighted by atomic mass is 9.94. The lowest BCUT2D eigenvalue weighted by Crippen LogP contribution is -2.33. The SMILES string of the molecule is CNc1cnccc1C1CC(O)CC2(CC2)O1.O=Cc1ccc(F)c(-c2c(F)cccc2F)n1. The molecule has 0 radical (unpaired) electrons. The van der Waals surface area contributed by atoms with Gasteiger partial charge in [0.15, 0.2) is 6.29 Å². The molecule has 3 heterocycles. The number of hydrogen-bond acceptors (Lipinski definition) is 6. The number of hydrogen-bond donors (Lipinski definition) is 2. The van der Waals surface area contributed by atoms with Gasteiger partial charge in [0.2, 0.25) is 0 Å². The Morgan fingerprint density at radius 2 is 1.85 bits per heavy atom. The maximum absolute atomic E-state index is 13.4. The van der Waals surface area contributed by atoms with Crippen LogP contribution in [0.3, 0.4) is 0 Å². The van der Waals surface area contributed by atoms with Crippen molar-refractivity contribution in [3.05, 3.63) is 77.5 Å². The highest BCUT2D eigenvalue weighted by atomic mass is 19.1. The van der Waals surface area contributed by atoms with E-state index in [4.69, 9.17) is 4.74 Å². The van der Waals surface area contributed by atoms with Crippen molar-refractivity contribution in [3.8, 4) is 11.3 Å². The van der Waals surface area contributed by atoms with Crippen molar-refractivity contribution >= 4 is 12.0 Å². The molecule has 1 aromatic carbocycles. The predicted octanol–water partition coefficient (Wildman–Crippen LogP) is 4.85. The van der Waals surface area contributed by atoms with Gasteiger partial charge in [-0.3, -0.25) is 9.78 Å². The highest BCUT2D eigenvalue weighted by Gasteiger charge is 2.50. The minimum Gasteiger partial charge on any atom is -0.393 e. The van der Waals surface area contributed by atoms with Crippen LogP contribution in [-0.4, -0.2) is 40.1 Å². The molecule has 1 aliphatic heterocycles. The van der Waals surface area contributed by atoms with Crippen LogP contribution in [0.15, 0.2) is 48.8 Å². The monoisotopic (exact) mass is 471 g/mol. The third-order valence-electron chi connectivity index (χ3n) is 5.95. The summed E-state index contributed by atoms with van der Waals surface area (Å²) >= 11 is 0. The number of anilines is 1. The van der Waals surface area contributed by atoms with E-state index in [0.717, 1.165) is 60.8 Å². The van der Waals surface area contributed by atoms with E-state index >= 15 is 0 Å². The number of rotatable bonds is 4. The minimum absolute atomic E-state index is 0.00769. The van der Waals surface area contributed by atoms with Gasteiger partial charge in [-0.05, 0) is 43.2 Å². The Kier molecular flexibility index (Phi) is 6.95. The number of halogens is 3. The maximum atomic E-state index is 13.4. The summed E-state index contributed by atoms with van der Waals surface area (Å²) in [5.74, 6) is -2.75. The van der Waals surface area contributed by atoms with E-state index in [-0.39, 0.29) is 23.5 Å². The van der Waals surface area contributed by atoms with Crippen molar-refractivity contribution in [2.45, 2.75) is 43.5 Å². The van der Waals surface area contributed by atoms with Crippen LogP contribution in [0.25, 0.3) is 11.3 Å². The Morgan fingerprint density at radius 1 is 1.12 bits per heavy atom. The Balaban J connectivity index is 0.000000161. The first-order chi connectivity index (χ1) is 16.4. The fourth-order valence-electron chi connectivity index (χ4n) is 4.13. The highest BCUT2D eigenvalue weighted by Crippen LogP contribution is 2.52. The van der Waals surface area contributed by atoms with Crippen molar-refractivity contribution in [1.82, 2.24) is 9.97 Å². The molecular weight excluding hydrogens is 447 g/mol. The standard InChI is InChI=1S/C13H18N2O2.C12H6F3NO/c1-14-11-8-15-5-2-10(11)12-6-9(16)7-13(17-12)3-4-13;13-8-2-1-3-9(14)11(8)12-10(15)5-4-7(6-17)16-12/h2,5,8-9,12,14,16H,3-4,6-7H2,1H3;1-6H. The molecule has 2 aromatic heterocycles. The van der Waals surface area contributed by atoms with Gasteiger partial charge < -0.3 is 15.2 Å². The quantitative estimate of drug-likeness (QED) is 0.530. The average molecular weight is 471 g/mol. The molecule has 0 bridgehead atoms. The second kappa shape index (κ2) is 9.90. The third-order valence-corrected chi connectivity index (χ3v) is 5.95. The Hall–Kier alpha value is -3.30. The molecule has 178 valence electrons. The Bertz CT molecular complexity index is 1170. The van der Waals surface area contributed by atoms with Crippen molar-refractivity contribution in [1.29, 1.82) is 0 Å². The van der Waals surface area contributed by atoms with Crippen LogP contribution in [0.1, 0.15) is 47.8 Å². The lowest BCUT2D eigenvalue weighted by molar-refractivity contribution is -0.113. The fraction of sp³-hybridized carbons (Fsp3) is 0.320. The van der Waals surface area contributed by atoms with Crippen molar-refractivity contribution in [2.24, 2.45) is 0 Å². The number of carbonyl (C=O) groups excluding carboxylic acids is 1. The molecule has 1 saturated carbocycles. The molecule has 5 rings (SSSR count). The van der Waals surface area contributed by atoms with E-state index in [2.05, 4.69) is 15.3 Å². The normalized spacial score (nSPS) is 20.3. The fourth-order valence-corrected chi connectivity index (χ4v) is 4.13. The first-order valence-electron chi connectivity index (χ1n) is 10.9. The molecule has 0 amide bonds. The van der Waals surface area contributed by atoms with Crippen LogP contribution in [0, 0.1) is 17.5 Å². The van der Waals surface area contributed by atoms with Gasteiger partial charge in [0.25, 0.3) is 0 Å². The van der Waals surface area contributed by atoms with E-state index in [1.54, 1.807) is 12.4 Å². The van der Waals surface area contributed by atoms with Gasteiger partial charge in [0, 0.05) is 31.6 Å². The second-order valence-electron chi connectivity index (χ2n) is 8.38. The predicted molar refractivity (Wildman–Crippen MR) is 120 cm³/mol. The molecule has 2 atom stereocenters. The molecule has 1 spiro atoms. The van der Waals surface area contributed by atoms with Crippen LogP contribution < -0.4 is 5.32 Å². The summed E-state index contributed by atoms with van der Waals surface area (Å²) in [7, 11) is 1.88. The van der Waals surface area contributed by atoms with Crippen molar-refractivity contribution < 1.29 is 27.8 Å². The third kappa shape index (κ3) is 5.10. The van der Waals surface area contributed by atoms with Crippen LogP contribution in [0.5, 0.6) is 0 Å². The van der Waals surface area contributed by atoms with Gasteiger partial charge in [-0.2, -0.15) is 0 Å². The van der Waals surface area contributed by atoms with Gasteiger partial charge in [-0.1, -0.05) is 6.07 Å². The smallest absolute Gasteiger partial charge is 0.168 e. The summed E-state index contributed by atoms with van der Waals surface area (Å²) in [5, 5.41) is 13.1. The number of nitrogens with zero attached hydrogens (tertiary/aromatic N) is 2. The molecule has 2 fully saturated rings. The molecule has 6 nitrogen and oxygen atoms in total. The van der Waals surface area contributed by atoms with Crippen LogP contribution >= 0.6 is 0 Å². The minimum atomic E-state index is -0.931. The van der Waals surface area contributed by atoms with E-state index in [9.17, 15) is 23.1 Å². The summed E-state index contributed by atoms with van der Waals surface area (Å²) < 4.78 is 46.4. The first-order valence-corrected chi connectivity index (χ1v) is 10.9. The summed E-state index contributed by atoms with van der Waals surface area (Å²) in [6.45, 7) is 0. The van der Waals surface area contributed by atoms with Crippen LogP contribution in [-0.2, 0) is 4.74 Å². The molecule has 3 aromatic rings. The van der Waals surface area contributed by atoms with E-state index in [1.807, 2.05) is 13.1 Å². The van der Waals surface area contributed by atoms with Gasteiger partial charge >= 0.3 is 0 Å². The molecule has 2 N–H and O–H groups in total. The first kappa shape index (κ1) is 23.8. The van der Waals surface area contributed by atoms with Gasteiger partial charge in [0.05, 0.1) is 35.3 Å². The van der Waals surface area contributed by atoms with E-state index in [1.165, 1.54) is 0 Å². The summed E-state index contributed by atoms with van der Waals surface area (Å²) in [6, 6.07) is 7.20. The zero-order valence-corrected chi connectivity index (χ0v) is 18.5. The number of aliphatic hydroxyl groups excluding tert-OH is 1. The van der Waals surface area contributed by atoms with Gasteiger partial charge in [0.1, 0.15) is 28.8 Å². The molecule has 9 heteroatoms. The number of benzene rings is 1. The van der Waals surface area contributed by atoms with Gasteiger partial charge in [-0.25, -0.2) is 18.2 Å². The molecule has 1 saturated heterocycles. The van der Waals surface area contributed by atoms with Crippen LogP contribution in [0.4, 0.5) is 18.9 Å².